The van der Waals surface area contributed by atoms with Crippen molar-refractivity contribution in [3.05, 3.63) is 182 Å². The molecule has 0 unspecified atom stereocenters. The summed E-state index contributed by atoms with van der Waals surface area (Å²) in [5.74, 6) is -70.8. The number of aromatic nitrogens is 1. The van der Waals surface area contributed by atoms with Crippen molar-refractivity contribution in [1.82, 2.24) is 0 Å². The van der Waals surface area contributed by atoms with E-state index in [-0.39, 0.29) is 5.78 Å². The van der Waals surface area contributed by atoms with Crippen LogP contribution in [0.5, 0.6) is 0 Å². The van der Waals surface area contributed by atoms with Crippen molar-refractivity contribution >= 4 is 33.8 Å². The molecule has 0 atom stereocenters. The topological polar surface area (TPSA) is 20.9 Å². The van der Waals surface area contributed by atoms with Crippen molar-refractivity contribution in [2.24, 2.45) is 0 Å². The highest BCUT2D eigenvalue weighted by atomic mass is 19.2. The van der Waals surface area contributed by atoms with E-state index in [0.717, 1.165) is 5.56 Å². The normalized spacial score (nSPS) is 11.6. The molecule has 0 aliphatic heterocycles. The van der Waals surface area contributed by atoms with E-state index >= 15 is 35.1 Å². The Labute approximate surface area is 339 Å². The number of hydrogen-bond donors (Lipinski definition) is 0. The van der Waals surface area contributed by atoms with Crippen molar-refractivity contribution in [1.29, 1.82) is 0 Å². The summed E-state index contributed by atoms with van der Waals surface area (Å²) in [6.07, 6.45) is -3.41. The fraction of sp³-hybridized carbons (Fsp3) is 0.100. The summed E-state index contributed by atoms with van der Waals surface area (Å²) < 4.78 is 296. The van der Waals surface area contributed by atoms with Gasteiger partial charge in [-0.25, -0.2) is 87.8 Å². The number of rotatable bonds is 8. The van der Waals surface area contributed by atoms with Gasteiger partial charge in [-0.2, -0.15) is 4.57 Å². The lowest BCUT2D eigenvalue weighted by Crippen LogP contribution is -2.81. The molecule has 0 aliphatic rings. The van der Waals surface area contributed by atoms with Gasteiger partial charge in [-0.15, -0.1) is 21.9 Å². The Morgan fingerprint density at radius 1 is 0.397 bits per heavy atom. The maximum Gasteiger partial charge on any atom is 0.227 e. The molecule has 0 radical (unpaired) electrons. The highest BCUT2D eigenvalue weighted by Gasteiger charge is 2.52. The Morgan fingerprint density at radius 3 is 0.873 bits per heavy atom. The van der Waals surface area contributed by atoms with Crippen LogP contribution in [-0.2, 0) is 6.54 Å². The number of halogens is 20. The van der Waals surface area contributed by atoms with Crippen LogP contribution in [-0.4, -0.2) is 11.9 Å². The van der Waals surface area contributed by atoms with Gasteiger partial charge in [0.1, 0.15) is 52.7 Å². The molecule has 1 heterocycles. The van der Waals surface area contributed by atoms with Crippen LogP contribution in [0, 0.1) is 116 Å². The molecule has 0 fully saturated rings. The third-order valence-electron chi connectivity index (χ3n) is 9.71. The van der Waals surface area contributed by atoms with Gasteiger partial charge in [0.2, 0.25) is 12.3 Å². The number of hydrogen-bond acceptors (Lipinski definition) is 1. The fourth-order valence-electron chi connectivity index (χ4n) is 6.72. The van der Waals surface area contributed by atoms with Crippen LogP contribution in [0.25, 0.3) is 0 Å². The minimum absolute atomic E-state index is 0.140. The van der Waals surface area contributed by atoms with Crippen molar-refractivity contribution in [2.75, 3.05) is 0 Å². The van der Waals surface area contributed by atoms with E-state index in [2.05, 4.69) is 13.8 Å². The summed E-state index contributed by atoms with van der Waals surface area (Å²) in [7, 11) is 0. The monoisotopic (exact) mass is 919 g/mol. The van der Waals surface area contributed by atoms with Crippen LogP contribution in [0.4, 0.5) is 87.8 Å². The van der Waals surface area contributed by atoms with Gasteiger partial charge in [-0.1, -0.05) is 44.2 Å². The number of Topliss-reactive ketones (excluding diaryl/α,β-unsaturated/α-hetero) is 1. The molecule has 0 bridgehead atoms. The van der Waals surface area contributed by atoms with Gasteiger partial charge in [0.15, 0.2) is 82.2 Å². The Bertz CT molecular complexity index is 2420. The Hall–Kier alpha value is -6.42. The number of carbonyl (C=O) groups excluding carboxylic acids is 1. The van der Waals surface area contributed by atoms with Gasteiger partial charge < -0.3 is 0 Å². The third kappa shape index (κ3) is 7.74. The van der Waals surface area contributed by atoms with Crippen LogP contribution >= 0.6 is 0 Å². The molecule has 0 saturated carbocycles. The van der Waals surface area contributed by atoms with Crippen LogP contribution in [0.1, 0.15) is 35.7 Å². The average Bonchev–Trinajstić information content (AvgIpc) is 3.26. The quantitative estimate of drug-likeness (QED) is 0.0374. The highest BCUT2D eigenvalue weighted by molar-refractivity contribution is 7.20. The zero-order chi connectivity index (χ0) is 47.3. The van der Waals surface area contributed by atoms with Crippen molar-refractivity contribution < 1.29 is 97.2 Å². The van der Waals surface area contributed by atoms with E-state index in [4.69, 9.17) is 0 Å². The molecule has 5 aromatic carbocycles. The van der Waals surface area contributed by atoms with Gasteiger partial charge in [0, 0.05) is 17.7 Å². The molecule has 0 saturated heterocycles. The van der Waals surface area contributed by atoms with Gasteiger partial charge >= 0.3 is 0 Å². The van der Waals surface area contributed by atoms with Crippen molar-refractivity contribution in [3.8, 4) is 0 Å². The largest absolute Gasteiger partial charge is 0.287 e. The summed E-state index contributed by atoms with van der Waals surface area (Å²) >= 11 is 0. The lowest BCUT2D eigenvalue weighted by molar-refractivity contribution is -0.683. The van der Waals surface area contributed by atoms with Crippen molar-refractivity contribution in [3.63, 3.8) is 0 Å². The number of benzene rings is 5. The lowest BCUT2D eigenvalue weighted by atomic mass is 9.12. The molecule has 332 valence electrons. The Balaban J connectivity index is 0.000000345. The summed E-state index contributed by atoms with van der Waals surface area (Å²) in [5.41, 5.74) is -12.3. The first-order valence-electron chi connectivity index (χ1n) is 17.2. The summed E-state index contributed by atoms with van der Waals surface area (Å²) in [4.78, 5) is 12.1. The van der Waals surface area contributed by atoms with Crippen LogP contribution < -0.4 is 26.4 Å². The van der Waals surface area contributed by atoms with E-state index in [1.807, 2.05) is 59.4 Å². The van der Waals surface area contributed by atoms with Gasteiger partial charge in [-0.3, -0.25) is 4.79 Å². The molecule has 0 amide bonds. The van der Waals surface area contributed by atoms with Crippen LogP contribution in [0.2, 0.25) is 0 Å². The molecule has 2 nitrogen and oxygen atoms in total. The molecule has 0 spiro atoms. The first-order valence-corrected chi connectivity index (χ1v) is 17.2. The Morgan fingerprint density at radius 2 is 0.635 bits per heavy atom. The lowest BCUT2D eigenvalue weighted by Gasteiger charge is -2.44. The smallest absolute Gasteiger partial charge is 0.227 e. The van der Waals surface area contributed by atoms with Crippen LogP contribution in [0.3, 0.4) is 0 Å². The molecule has 63 heavy (non-hydrogen) atoms. The zero-order valence-electron chi connectivity index (χ0n) is 31.0. The van der Waals surface area contributed by atoms with E-state index in [9.17, 15) is 57.5 Å². The first-order chi connectivity index (χ1) is 29.4. The second kappa shape index (κ2) is 17.8. The minimum atomic E-state index is -7.22. The molecule has 6 rings (SSSR count). The number of pyridine rings is 1. The highest BCUT2D eigenvalue weighted by Crippen LogP contribution is 2.31. The predicted molar refractivity (Wildman–Crippen MR) is 181 cm³/mol. The minimum Gasteiger partial charge on any atom is -0.287 e. The SMILES string of the molecule is CC(C)c1ccc(C(=O)C[n+]2ccccc2)cc1.Fc1c(F)c(F)c([B-](c2c(F)c(F)c(F)c(F)c2F)(c2c(F)c(F)c(F)c(F)c2F)c2c(F)c(F)c(F)c(F)c2F)c(F)c1F. The molecular formula is C40H18BF20NO. The molecule has 1 aromatic heterocycles. The Kier molecular flexibility index (Phi) is 13.4. The van der Waals surface area contributed by atoms with E-state index in [0.29, 0.717) is 12.5 Å². The van der Waals surface area contributed by atoms with Crippen molar-refractivity contribution in [2.45, 2.75) is 26.3 Å². The van der Waals surface area contributed by atoms with Crippen LogP contribution in [0.15, 0.2) is 54.9 Å². The van der Waals surface area contributed by atoms with E-state index < -0.39 is 144 Å². The maximum absolute atomic E-state index is 15.4. The zero-order valence-corrected chi connectivity index (χ0v) is 31.0. The second-order valence-electron chi connectivity index (χ2n) is 13.5. The standard InChI is InChI=1S/C24BF20.C16H18NO/c26-5-1(6(27)14(35)21(42)13(5)34)25(2-7(28)15(36)22(43)16(37)8(2)29,3-9(30)17(38)23(44)18(39)10(3)31)4-11(32)19(40)24(45)20(41)12(4)33;1-13(2)14-6-8-15(9-7-14)16(18)12-17-10-4-3-5-11-17/h;3-11,13H,12H2,1-2H3/q-1;+1. The van der Waals surface area contributed by atoms with Gasteiger partial charge in [0.05, 0.1) is 0 Å². The molecular weight excluding hydrogens is 901 g/mol. The second-order valence-corrected chi connectivity index (χ2v) is 13.5. The van der Waals surface area contributed by atoms with E-state index in [1.165, 1.54) is 5.56 Å². The third-order valence-corrected chi connectivity index (χ3v) is 9.71. The molecule has 6 aromatic rings. The fourth-order valence-corrected chi connectivity index (χ4v) is 6.72. The predicted octanol–water partition coefficient (Wildman–Crippen LogP) is 8.83. The molecule has 23 heteroatoms. The number of ketones is 1. The molecule has 0 N–H and O–H groups in total. The summed E-state index contributed by atoms with van der Waals surface area (Å²) in [6.45, 7) is 4.69. The average molecular weight is 919 g/mol. The van der Waals surface area contributed by atoms with Gasteiger partial charge in [0.25, 0.3) is 0 Å². The first kappa shape index (κ1) is 47.6. The number of carbonyl (C=O) groups is 1. The van der Waals surface area contributed by atoms with E-state index in [1.54, 1.807) is 0 Å². The molecule has 0 aliphatic carbocycles. The maximum atomic E-state index is 15.4. The summed E-state index contributed by atoms with van der Waals surface area (Å²) in [5, 5.41) is 0. The number of nitrogens with zero attached hydrogens (tertiary/aromatic N) is 1. The summed E-state index contributed by atoms with van der Waals surface area (Å²) in [6, 6.07) is 13.7. The van der Waals surface area contributed by atoms with Gasteiger partial charge in [-0.05, 0) is 11.5 Å².